The highest BCUT2D eigenvalue weighted by molar-refractivity contribution is 5.75. The second-order valence-electron chi connectivity index (χ2n) is 7.95. The van der Waals surface area contributed by atoms with Gasteiger partial charge in [-0.15, -0.1) is 0 Å². The number of hydrogen-bond donors (Lipinski definition) is 2. The highest BCUT2D eigenvalue weighted by atomic mass is 16.5. The Labute approximate surface area is 177 Å². The molecule has 2 amide bonds. The van der Waals surface area contributed by atoms with Gasteiger partial charge in [0.1, 0.15) is 17.6 Å². The lowest BCUT2D eigenvalue weighted by molar-refractivity contribution is 0.232. The number of carbonyl (C=O) groups is 1. The summed E-state index contributed by atoms with van der Waals surface area (Å²) in [5.41, 5.74) is 3.31. The summed E-state index contributed by atoms with van der Waals surface area (Å²) in [5, 5.41) is 6.34. The molecule has 2 atom stereocenters. The third-order valence-corrected chi connectivity index (χ3v) is 5.66. The van der Waals surface area contributed by atoms with E-state index in [1.54, 1.807) is 13.3 Å². The summed E-state index contributed by atoms with van der Waals surface area (Å²) >= 11 is 0. The summed E-state index contributed by atoms with van der Waals surface area (Å²) < 4.78 is 7.19. The Balaban J connectivity index is 1.55. The van der Waals surface area contributed by atoms with Crippen LogP contribution in [0.25, 0.3) is 0 Å². The van der Waals surface area contributed by atoms with E-state index in [-0.39, 0.29) is 18.1 Å². The van der Waals surface area contributed by atoms with Gasteiger partial charge in [0.25, 0.3) is 0 Å². The van der Waals surface area contributed by atoms with E-state index in [9.17, 15) is 4.79 Å². The van der Waals surface area contributed by atoms with E-state index >= 15 is 0 Å². The highest BCUT2D eigenvalue weighted by Crippen LogP contribution is 2.41. The van der Waals surface area contributed by atoms with Crippen molar-refractivity contribution >= 4 is 6.03 Å². The number of aromatic nitrogens is 2. The molecule has 1 aliphatic carbocycles. The molecule has 0 bridgehead atoms. The van der Waals surface area contributed by atoms with Crippen LogP contribution in [0.3, 0.4) is 0 Å². The van der Waals surface area contributed by atoms with E-state index < -0.39 is 0 Å². The van der Waals surface area contributed by atoms with Crippen LogP contribution in [-0.2, 0) is 7.05 Å². The largest absolute Gasteiger partial charge is 0.497 e. The van der Waals surface area contributed by atoms with Crippen molar-refractivity contribution in [3.63, 3.8) is 0 Å². The first kappa shape index (κ1) is 20.0. The minimum Gasteiger partial charge on any atom is -0.497 e. The van der Waals surface area contributed by atoms with Crippen LogP contribution in [0.4, 0.5) is 4.79 Å². The van der Waals surface area contributed by atoms with Crippen LogP contribution in [0.1, 0.15) is 47.4 Å². The van der Waals surface area contributed by atoms with Crippen molar-refractivity contribution in [3.05, 3.63) is 83.4 Å². The second-order valence-corrected chi connectivity index (χ2v) is 7.95. The first-order valence-corrected chi connectivity index (χ1v) is 10.3. The zero-order chi connectivity index (χ0) is 21.1. The molecule has 0 radical (unpaired) electrons. The molecule has 30 heavy (non-hydrogen) atoms. The lowest BCUT2D eigenvalue weighted by Gasteiger charge is -2.23. The van der Waals surface area contributed by atoms with Gasteiger partial charge >= 0.3 is 6.03 Å². The van der Waals surface area contributed by atoms with Crippen LogP contribution in [0, 0.1) is 12.8 Å². The van der Waals surface area contributed by atoms with E-state index in [1.807, 2.05) is 42.1 Å². The van der Waals surface area contributed by atoms with Gasteiger partial charge in [0.2, 0.25) is 0 Å². The van der Waals surface area contributed by atoms with E-state index in [4.69, 9.17) is 4.74 Å². The van der Waals surface area contributed by atoms with Gasteiger partial charge in [-0.3, -0.25) is 0 Å². The lowest BCUT2D eigenvalue weighted by atomic mass is 10.0. The van der Waals surface area contributed by atoms with Gasteiger partial charge in [-0.2, -0.15) is 0 Å². The van der Waals surface area contributed by atoms with Crippen molar-refractivity contribution in [1.82, 2.24) is 20.2 Å². The minimum atomic E-state index is -0.367. The smallest absolute Gasteiger partial charge is 0.316 e. The number of nitrogens with one attached hydrogen (secondary N) is 2. The number of aryl methyl sites for hydroxylation is 2. The molecule has 2 N–H and O–H groups in total. The van der Waals surface area contributed by atoms with Gasteiger partial charge in [-0.05, 0) is 48.9 Å². The Morgan fingerprint density at radius 3 is 2.30 bits per heavy atom. The molecule has 3 aromatic rings. The summed E-state index contributed by atoms with van der Waals surface area (Å²) in [6.07, 6.45) is 5.90. The number of hydrogen-bond acceptors (Lipinski definition) is 3. The number of urea groups is 1. The molecule has 6 nitrogen and oxygen atoms in total. The fraction of sp³-hybridized carbons (Fsp3) is 0.333. The molecule has 1 heterocycles. The lowest BCUT2D eigenvalue weighted by Crippen LogP contribution is -2.41. The maximum atomic E-state index is 13.1. The normalized spacial score (nSPS) is 15.3. The second kappa shape index (κ2) is 8.61. The van der Waals surface area contributed by atoms with Crippen LogP contribution >= 0.6 is 0 Å². The van der Waals surface area contributed by atoms with Crippen molar-refractivity contribution < 1.29 is 9.53 Å². The van der Waals surface area contributed by atoms with E-state index in [1.165, 1.54) is 5.56 Å². The molecule has 1 aliphatic rings. The Kier molecular flexibility index (Phi) is 5.74. The first-order chi connectivity index (χ1) is 14.5. The van der Waals surface area contributed by atoms with Gasteiger partial charge in [0.15, 0.2) is 0 Å². The van der Waals surface area contributed by atoms with Crippen molar-refractivity contribution in [1.29, 1.82) is 0 Å². The number of methoxy groups -OCH3 is 1. The van der Waals surface area contributed by atoms with Crippen LogP contribution in [-0.4, -0.2) is 22.7 Å². The van der Waals surface area contributed by atoms with E-state index in [2.05, 4.69) is 46.8 Å². The number of nitrogens with zero attached hydrogens (tertiary/aromatic N) is 2. The number of ether oxygens (including phenoxy) is 1. The summed E-state index contributed by atoms with van der Waals surface area (Å²) in [5.74, 6) is 2.04. The Hall–Kier alpha value is -3.28. The number of rotatable bonds is 7. The standard InChI is InChI=1S/C24H28N4O2/c1-16-4-6-17(7-5-16)21(18-8-9-18)26-24(29)27-22(23-25-14-15-28(23)2)19-10-12-20(30-3)13-11-19/h4-7,10-15,18,21-22H,8-9H2,1-3H3,(H2,26,27,29). The quantitative estimate of drug-likeness (QED) is 0.618. The molecular formula is C24H28N4O2. The number of carbonyl (C=O) groups excluding carboxylic acids is 1. The molecule has 4 rings (SSSR count). The fourth-order valence-electron chi connectivity index (χ4n) is 3.74. The maximum absolute atomic E-state index is 13.1. The van der Waals surface area contributed by atoms with Gasteiger partial charge in [-0.25, -0.2) is 9.78 Å². The summed E-state index contributed by atoms with van der Waals surface area (Å²) in [6.45, 7) is 2.07. The van der Waals surface area contributed by atoms with E-state index in [0.717, 1.165) is 35.5 Å². The van der Waals surface area contributed by atoms with E-state index in [0.29, 0.717) is 5.92 Å². The molecule has 1 aromatic heterocycles. The predicted molar refractivity (Wildman–Crippen MR) is 116 cm³/mol. The Morgan fingerprint density at radius 1 is 1.07 bits per heavy atom. The third-order valence-electron chi connectivity index (χ3n) is 5.66. The molecule has 2 aromatic carbocycles. The molecule has 0 aliphatic heterocycles. The van der Waals surface area contributed by atoms with Gasteiger partial charge < -0.3 is 19.9 Å². The average Bonchev–Trinajstić information content (AvgIpc) is 3.52. The molecule has 1 saturated carbocycles. The van der Waals surface area contributed by atoms with Crippen LogP contribution in [0.15, 0.2) is 60.9 Å². The van der Waals surface area contributed by atoms with Crippen molar-refractivity contribution in [2.24, 2.45) is 13.0 Å². The van der Waals surface area contributed by atoms with Gasteiger partial charge in [0.05, 0.1) is 13.2 Å². The molecule has 1 fully saturated rings. The maximum Gasteiger partial charge on any atom is 0.316 e. The Bertz CT molecular complexity index is 991. The van der Waals surface area contributed by atoms with Crippen LogP contribution < -0.4 is 15.4 Å². The monoisotopic (exact) mass is 404 g/mol. The van der Waals surface area contributed by atoms with Crippen molar-refractivity contribution in [2.75, 3.05) is 7.11 Å². The molecule has 156 valence electrons. The number of amides is 2. The minimum absolute atomic E-state index is 0.0171. The third kappa shape index (κ3) is 4.48. The summed E-state index contributed by atoms with van der Waals surface area (Å²) in [7, 11) is 3.57. The van der Waals surface area contributed by atoms with Crippen molar-refractivity contribution in [3.8, 4) is 5.75 Å². The summed E-state index contributed by atoms with van der Waals surface area (Å²) in [6, 6.07) is 15.6. The zero-order valence-corrected chi connectivity index (χ0v) is 17.6. The van der Waals surface area contributed by atoms with Crippen molar-refractivity contribution in [2.45, 2.75) is 31.8 Å². The number of benzene rings is 2. The van der Waals surface area contributed by atoms with Gasteiger partial charge in [-0.1, -0.05) is 42.0 Å². The topological polar surface area (TPSA) is 68.2 Å². The van der Waals surface area contributed by atoms with Crippen LogP contribution in [0.5, 0.6) is 5.75 Å². The van der Waals surface area contributed by atoms with Gasteiger partial charge in [0, 0.05) is 19.4 Å². The SMILES string of the molecule is COc1ccc(C(NC(=O)NC(c2ccc(C)cc2)C2CC2)c2nccn2C)cc1. The molecule has 2 unspecified atom stereocenters. The average molecular weight is 405 g/mol. The fourth-order valence-corrected chi connectivity index (χ4v) is 3.74. The summed E-state index contributed by atoms with van der Waals surface area (Å²) in [4.78, 5) is 17.5. The number of imidazole rings is 1. The highest BCUT2D eigenvalue weighted by Gasteiger charge is 2.34. The Morgan fingerprint density at radius 2 is 1.73 bits per heavy atom. The zero-order valence-electron chi connectivity index (χ0n) is 17.6. The first-order valence-electron chi connectivity index (χ1n) is 10.3. The van der Waals surface area contributed by atoms with Crippen LogP contribution in [0.2, 0.25) is 0 Å². The predicted octanol–water partition coefficient (Wildman–Crippen LogP) is 4.28. The molecule has 0 saturated heterocycles. The molecular weight excluding hydrogens is 376 g/mol. The molecule has 6 heteroatoms. The molecule has 0 spiro atoms.